The largest absolute Gasteiger partial charge is 0.314 e. The average molecular weight is 245 g/mol. The Balaban J connectivity index is 2.78. The Bertz CT molecular complexity index is 451. The van der Waals surface area contributed by atoms with Crippen LogP contribution in [0.25, 0.3) is 0 Å². The monoisotopic (exact) mass is 245 g/mol. The van der Waals surface area contributed by atoms with Crippen LogP contribution in [0.4, 0.5) is 5.69 Å². The second-order valence-corrected chi connectivity index (χ2v) is 4.24. The van der Waals surface area contributed by atoms with E-state index in [-0.39, 0.29) is 11.9 Å². The van der Waals surface area contributed by atoms with Crippen molar-refractivity contribution in [3.05, 3.63) is 29.8 Å². The zero-order valence-corrected chi connectivity index (χ0v) is 11.1. The Morgan fingerprint density at radius 2 is 2.17 bits per heavy atom. The van der Waals surface area contributed by atoms with E-state index < -0.39 is 0 Å². The quantitative estimate of drug-likeness (QED) is 0.862. The number of rotatable bonds is 5. The number of amides is 1. The van der Waals surface area contributed by atoms with E-state index in [9.17, 15) is 4.79 Å². The molecule has 4 heteroatoms. The fourth-order valence-electron chi connectivity index (χ4n) is 1.81. The molecule has 0 bridgehead atoms. The lowest BCUT2D eigenvalue weighted by atomic mass is 10.1. The summed E-state index contributed by atoms with van der Waals surface area (Å²) in [5, 5.41) is 12.2. The molecule has 1 amide bonds. The van der Waals surface area contributed by atoms with Crippen LogP contribution < -0.4 is 10.2 Å². The number of nitrogens with zero attached hydrogens (tertiary/aromatic N) is 2. The lowest BCUT2D eigenvalue weighted by Gasteiger charge is -2.21. The van der Waals surface area contributed by atoms with E-state index in [0.29, 0.717) is 17.7 Å². The van der Waals surface area contributed by atoms with Crippen LogP contribution in [0.3, 0.4) is 0 Å². The van der Waals surface area contributed by atoms with Gasteiger partial charge in [0, 0.05) is 19.5 Å². The van der Waals surface area contributed by atoms with E-state index >= 15 is 0 Å². The summed E-state index contributed by atoms with van der Waals surface area (Å²) in [6, 6.07) is 9.36. The zero-order valence-electron chi connectivity index (χ0n) is 11.1. The van der Waals surface area contributed by atoms with Gasteiger partial charge in [0.1, 0.15) is 6.07 Å². The van der Waals surface area contributed by atoms with E-state index in [4.69, 9.17) is 5.26 Å². The van der Waals surface area contributed by atoms with Crippen LogP contribution in [0.1, 0.15) is 25.8 Å². The van der Waals surface area contributed by atoms with Crippen LogP contribution in [0.2, 0.25) is 0 Å². The fourth-order valence-corrected chi connectivity index (χ4v) is 1.81. The number of carbonyl (C=O) groups excluding carboxylic acids is 1. The third-order valence-electron chi connectivity index (χ3n) is 2.79. The van der Waals surface area contributed by atoms with Crippen molar-refractivity contribution in [3.8, 4) is 6.07 Å². The van der Waals surface area contributed by atoms with Gasteiger partial charge < -0.3 is 10.2 Å². The molecule has 0 fully saturated rings. The maximum absolute atomic E-state index is 12.1. The Kier molecular flexibility index (Phi) is 5.34. The molecule has 1 unspecified atom stereocenters. The van der Waals surface area contributed by atoms with E-state index in [1.807, 2.05) is 19.9 Å². The summed E-state index contributed by atoms with van der Waals surface area (Å²) in [6.45, 7) is 4.83. The van der Waals surface area contributed by atoms with Crippen LogP contribution in [0.5, 0.6) is 0 Å². The van der Waals surface area contributed by atoms with E-state index in [2.05, 4.69) is 11.4 Å². The van der Waals surface area contributed by atoms with Gasteiger partial charge in [0.25, 0.3) is 0 Å². The molecule has 1 atom stereocenters. The van der Waals surface area contributed by atoms with E-state index in [1.54, 1.807) is 30.1 Å². The molecule has 1 aromatic rings. The molecule has 0 spiro atoms. The van der Waals surface area contributed by atoms with Crippen LogP contribution in [-0.4, -0.2) is 25.5 Å². The van der Waals surface area contributed by atoms with Gasteiger partial charge >= 0.3 is 0 Å². The molecule has 0 aliphatic carbocycles. The molecular weight excluding hydrogens is 226 g/mol. The van der Waals surface area contributed by atoms with Gasteiger partial charge in [-0.2, -0.15) is 5.26 Å². The number of para-hydroxylation sites is 1. The summed E-state index contributed by atoms with van der Waals surface area (Å²) in [4.78, 5) is 13.6. The molecule has 1 rings (SSSR count). The van der Waals surface area contributed by atoms with Crippen molar-refractivity contribution in [2.75, 3.05) is 18.5 Å². The Morgan fingerprint density at radius 3 is 2.78 bits per heavy atom. The standard InChI is InChI=1S/C14H19N3O/c1-4-16-11(2)9-14(18)17(3)13-8-6-5-7-12(13)10-15/h5-8,11,16H,4,9H2,1-3H3. The molecule has 1 aromatic carbocycles. The number of benzene rings is 1. The minimum atomic E-state index is 0.00569. The Hall–Kier alpha value is -1.86. The first kappa shape index (κ1) is 14.2. The second-order valence-electron chi connectivity index (χ2n) is 4.24. The van der Waals surface area contributed by atoms with Crippen molar-refractivity contribution < 1.29 is 4.79 Å². The van der Waals surface area contributed by atoms with Gasteiger partial charge in [-0.05, 0) is 25.6 Å². The van der Waals surface area contributed by atoms with Gasteiger partial charge in [-0.3, -0.25) is 4.79 Å². The first-order chi connectivity index (χ1) is 8.60. The van der Waals surface area contributed by atoms with E-state index in [0.717, 1.165) is 6.54 Å². The molecule has 0 radical (unpaired) electrons. The summed E-state index contributed by atoms with van der Waals surface area (Å²) < 4.78 is 0. The van der Waals surface area contributed by atoms with Crippen molar-refractivity contribution in [2.24, 2.45) is 0 Å². The van der Waals surface area contributed by atoms with Crippen LogP contribution >= 0.6 is 0 Å². The van der Waals surface area contributed by atoms with Crippen molar-refractivity contribution in [2.45, 2.75) is 26.3 Å². The molecule has 0 saturated carbocycles. The van der Waals surface area contributed by atoms with Crippen LogP contribution in [-0.2, 0) is 4.79 Å². The predicted molar refractivity (Wildman–Crippen MR) is 72.3 cm³/mol. The molecule has 0 aliphatic heterocycles. The van der Waals surface area contributed by atoms with Gasteiger partial charge in [0.05, 0.1) is 11.3 Å². The molecule has 0 heterocycles. The number of hydrogen-bond donors (Lipinski definition) is 1. The first-order valence-corrected chi connectivity index (χ1v) is 6.09. The molecule has 0 saturated heterocycles. The Labute approximate surface area is 108 Å². The highest BCUT2D eigenvalue weighted by molar-refractivity contribution is 5.94. The number of hydrogen-bond acceptors (Lipinski definition) is 3. The van der Waals surface area contributed by atoms with Crippen molar-refractivity contribution >= 4 is 11.6 Å². The highest BCUT2D eigenvalue weighted by Crippen LogP contribution is 2.19. The third-order valence-corrected chi connectivity index (χ3v) is 2.79. The molecule has 4 nitrogen and oxygen atoms in total. The first-order valence-electron chi connectivity index (χ1n) is 6.09. The number of anilines is 1. The summed E-state index contributed by atoms with van der Waals surface area (Å²) in [7, 11) is 1.71. The maximum atomic E-state index is 12.1. The summed E-state index contributed by atoms with van der Waals surface area (Å²) in [5.74, 6) is 0.00569. The highest BCUT2D eigenvalue weighted by atomic mass is 16.2. The molecule has 1 N–H and O–H groups in total. The lowest BCUT2D eigenvalue weighted by molar-refractivity contribution is -0.118. The van der Waals surface area contributed by atoms with Gasteiger partial charge in [-0.1, -0.05) is 19.1 Å². The normalized spacial score (nSPS) is 11.7. The zero-order chi connectivity index (χ0) is 13.5. The average Bonchev–Trinajstić information content (AvgIpc) is 2.38. The number of nitrogens with one attached hydrogen (secondary N) is 1. The number of nitriles is 1. The van der Waals surface area contributed by atoms with E-state index in [1.165, 1.54) is 0 Å². The van der Waals surface area contributed by atoms with Crippen molar-refractivity contribution in [1.82, 2.24) is 5.32 Å². The SMILES string of the molecule is CCNC(C)CC(=O)N(C)c1ccccc1C#N. The molecule has 0 aromatic heterocycles. The number of carbonyl (C=O) groups is 1. The lowest BCUT2D eigenvalue weighted by Crippen LogP contribution is -2.35. The van der Waals surface area contributed by atoms with Gasteiger partial charge in [-0.15, -0.1) is 0 Å². The predicted octanol–water partition coefficient (Wildman–Crippen LogP) is 1.91. The maximum Gasteiger partial charge on any atom is 0.228 e. The van der Waals surface area contributed by atoms with Gasteiger partial charge in [0.15, 0.2) is 0 Å². The van der Waals surface area contributed by atoms with Crippen molar-refractivity contribution in [3.63, 3.8) is 0 Å². The van der Waals surface area contributed by atoms with Gasteiger partial charge in [0.2, 0.25) is 5.91 Å². The summed E-state index contributed by atoms with van der Waals surface area (Å²) >= 11 is 0. The van der Waals surface area contributed by atoms with Gasteiger partial charge in [-0.25, -0.2) is 0 Å². The fraction of sp³-hybridized carbons (Fsp3) is 0.429. The second kappa shape index (κ2) is 6.77. The molecular formula is C14H19N3O. The minimum absolute atomic E-state index is 0.00569. The van der Waals surface area contributed by atoms with Crippen LogP contribution in [0, 0.1) is 11.3 Å². The van der Waals surface area contributed by atoms with Crippen LogP contribution in [0.15, 0.2) is 24.3 Å². The minimum Gasteiger partial charge on any atom is -0.314 e. The van der Waals surface area contributed by atoms with Crippen molar-refractivity contribution in [1.29, 1.82) is 5.26 Å². The topological polar surface area (TPSA) is 56.1 Å². The highest BCUT2D eigenvalue weighted by Gasteiger charge is 2.16. The summed E-state index contributed by atoms with van der Waals surface area (Å²) in [5.41, 5.74) is 1.18. The third kappa shape index (κ3) is 3.57. The molecule has 0 aliphatic rings. The summed E-state index contributed by atoms with van der Waals surface area (Å²) in [6.07, 6.45) is 0.421. The molecule has 96 valence electrons. The smallest absolute Gasteiger partial charge is 0.228 e. The molecule has 18 heavy (non-hydrogen) atoms. The Morgan fingerprint density at radius 1 is 1.50 bits per heavy atom.